The molecule has 1 atom stereocenters. The molecule has 104 valence electrons. The van der Waals surface area contributed by atoms with Gasteiger partial charge in [0.2, 0.25) is 5.91 Å². The van der Waals surface area contributed by atoms with Crippen molar-refractivity contribution in [2.75, 3.05) is 5.32 Å². The number of hydrogen-bond donors (Lipinski definition) is 2. The number of hydrogen-bond acceptors (Lipinski definition) is 2. The zero-order valence-electron chi connectivity index (χ0n) is 10.9. The first-order valence-electron chi connectivity index (χ1n) is 6.58. The van der Waals surface area contributed by atoms with Crippen LogP contribution < -0.4 is 10.6 Å². The first kappa shape index (κ1) is 14.3. The minimum atomic E-state index is -0.335. The maximum absolute atomic E-state index is 13.1. The molecule has 1 saturated carbocycles. The van der Waals surface area contributed by atoms with Crippen molar-refractivity contribution in [3.63, 3.8) is 0 Å². The van der Waals surface area contributed by atoms with Gasteiger partial charge in [0.25, 0.3) is 0 Å². The number of benzene rings is 1. The van der Waals surface area contributed by atoms with Crippen LogP contribution in [0, 0.1) is 5.82 Å². The summed E-state index contributed by atoms with van der Waals surface area (Å²) in [4.78, 5) is 12.0. The van der Waals surface area contributed by atoms with Crippen molar-refractivity contribution in [1.29, 1.82) is 0 Å². The molecule has 0 saturated heterocycles. The van der Waals surface area contributed by atoms with Gasteiger partial charge in [0.05, 0.1) is 4.47 Å². The van der Waals surface area contributed by atoms with E-state index in [1.165, 1.54) is 18.9 Å². The standard InChI is InChI=1S/C14H18BrFN2O/c1-9(14(19)18-10-4-2-3-5-10)17-11-6-7-13(16)12(15)8-11/h6-10,17H,2-5H2,1H3,(H,18,19). The summed E-state index contributed by atoms with van der Waals surface area (Å²) in [5, 5.41) is 6.11. The van der Waals surface area contributed by atoms with Gasteiger partial charge in [0.1, 0.15) is 11.9 Å². The van der Waals surface area contributed by atoms with Gasteiger partial charge < -0.3 is 10.6 Å². The summed E-state index contributed by atoms with van der Waals surface area (Å²) in [6.45, 7) is 1.81. The quantitative estimate of drug-likeness (QED) is 0.888. The monoisotopic (exact) mass is 328 g/mol. The SMILES string of the molecule is CC(Nc1ccc(F)c(Br)c1)C(=O)NC1CCCC1. The number of nitrogens with one attached hydrogen (secondary N) is 2. The average molecular weight is 329 g/mol. The number of carbonyl (C=O) groups excluding carboxylic acids is 1. The fraction of sp³-hybridized carbons (Fsp3) is 0.500. The van der Waals surface area contributed by atoms with E-state index in [2.05, 4.69) is 26.6 Å². The van der Waals surface area contributed by atoms with Gasteiger partial charge in [-0.05, 0) is 53.9 Å². The van der Waals surface area contributed by atoms with E-state index >= 15 is 0 Å². The topological polar surface area (TPSA) is 41.1 Å². The minimum absolute atomic E-state index is 0.00709. The predicted octanol–water partition coefficient (Wildman–Crippen LogP) is 3.45. The molecule has 0 aliphatic heterocycles. The summed E-state index contributed by atoms with van der Waals surface area (Å²) in [5.41, 5.74) is 0.724. The molecular formula is C14H18BrFN2O. The fourth-order valence-corrected chi connectivity index (χ4v) is 2.68. The van der Waals surface area contributed by atoms with E-state index in [4.69, 9.17) is 0 Å². The molecule has 19 heavy (non-hydrogen) atoms. The number of rotatable bonds is 4. The fourth-order valence-electron chi connectivity index (χ4n) is 2.30. The normalized spacial score (nSPS) is 17.2. The van der Waals surface area contributed by atoms with Crippen LogP contribution in [-0.2, 0) is 4.79 Å². The van der Waals surface area contributed by atoms with E-state index in [1.54, 1.807) is 12.1 Å². The van der Waals surface area contributed by atoms with Gasteiger partial charge in [0.15, 0.2) is 0 Å². The molecule has 1 unspecified atom stereocenters. The third-order valence-electron chi connectivity index (χ3n) is 3.40. The molecule has 1 fully saturated rings. The van der Waals surface area contributed by atoms with E-state index in [-0.39, 0.29) is 17.8 Å². The van der Waals surface area contributed by atoms with Crippen LogP contribution in [0.3, 0.4) is 0 Å². The van der Waals surface area contributed by atoms with Crippen LogP contribution in [0.5, 0.6) is 0 Å². The Kier molecular flexibility index (Phi) is 4.80. The number of anilines is 1. The molecule has 0 aromatic heterocycles. The molecule has 1 aromatic rings. The maximum Gasteiger partial charge on any atom is 0.242 e. The molecular weight excluding hydrogens is 311 g/mol. The van der Waals surface area contributed by atoms with Gasteiger partial charge >= 0.3 is 0 Å². The highest BCUT2D eigenvalue weighted by atomic mass is 79.9. The highest BCUT2D eigenvalue weighted by Crippen LogP contribution is 2.21. The lowest BCUT2D eigenvalue weighted by Gasteiger charge is -2.18. The van der Waals surface area contributed by atoms with Crippen LogP contribution in [0.2, 0.25) is 0 Å². The van der Waals surface area contributed by atoms with Crippen LogP contribution in [0.15, 0.2) is 22.7 Å². The van der Waals surface area contributed by atoms with Gasteiger partial charge in [-0.3, -0.25) is 4.79 Å². The highest BCUT2D eigenvalue weighted by molar-refractivity contribution is 9.10. The summed E-state index contributed by atoms with van der Waals surface area (Å²) in [6.07, 6.45) is 4.52. The second-order valence-corrected chi connectivity index (χ2v) is 5.84. The molecule has 2 N–H and O–H groups in total. The third-order valence-corrected chi connectivity index (χ3v) is 4.01. The van der Waals surface area contributed by atoms with Crippen LogP contribution in [-0.4, -0.2) is 18.0 Å². The Morgan fingerprint density at radius 2 is 2.11 bits per heavy atom. The molecule has 0 bridgehead atoms. The van der Waals surface area contributed by atoms with Crippen LogP contribution in [0.1, 0.15) is 32.6 Å². The van der Waals surface area contributed by atoms with E-state index in [0.717, 1.165) is 18.5 Å². The lowest BCUT2D eigenvalue weighted by atomic mass is 10.2. The van der Waals surface area contributed by atoms with Crippen molar-refractivity contribution in [1.82, 2.24) is 5.32 Å². The van der Waals surface area contributed by atoms with E-state index in [0.29, 0.717) is 10.5 Å². The minimum Gasteiger partial charge on any atom is -0.374 e. The van der Waals surface area contributed by atoms with E-state index < -0.39 is 0 Å². The molecule has 1 aliphatic rings. The van der Waals surface area contributed by atoms with Crippen molar-refractivity contribution >= 4 is 27.5 Å². The number of halogens is 2. The summed E-state index contributed by atoms with van der Waals surface area (Å²) >= 11 is 3.13. The largest absolute Gasteiger partial charge is 0.374 e. The summed E-state index contributed by atoms with van der Waals surface area (Å²) in [6, 6.07) is 4.61. The van der Waals surface area contributed by atoms with Crippen molar-refractivity contribution in [2.24, 2.45) is 0 Å². The second kappa shape index (κ2) is 6.37. The van der Waals surface area contributed by atoms with Crippen molar-refractivity contribution < 1.29 is 9.18 Å². The Morgan fingerprint density at radius 1 is 1.42 bits per heavy atom. The van der Waals surface area contributed by atoms with Gasteiger partial charge in [0, 0.05) is 11.7 Å². The van der Waals surface area contributed by atoms with Crippen LogP contribution >= 0.6 is 15.9 Å². The van der Waals surface area contributed by atoms with Crippen LogP contribution in [0.25, 0.3) is 0 Å². The zero-order valence-corrected chi connectivity index (χ0v) is 12.5. The predicted molar refractivity (Wildman–Crippen MR) is 77.6 cm³/mol. The Morgan fingerprint density at radius 3 is 2.74 bits per heavy atom. The first-order valence-corrected chi connectivity index (χ1v) is 7.37. The molecule has 0 heterocycles. The second-order valence-electron chi connectivity index (χ2n) is 4.98. The Balaban J connectivity index is 1.90. The molecule has 0 radical (unpaired) electrons. The maximum atomic E-state index is 13.1. The Labute approximate surface area is 121 Å². The van der Waals surface area contributed by atoms with Crippen molar-refractivity contribution in [2.45, 2.75) is 44.7 Å². The highest BCUT2D eigenvalue weighted by Gasteiger charge is 2.20. The molecule has 5 heteroatoms. The van der Waals surface area contributed by atoms with Gasteiger partial charge in [-0.2, -0.15) is 0 Å². The Bertz CT molecular complexity index is 461. The molecule has 1 aromatic carbocycles. The summed E-state index contributed by atoms with van der Waals surface area (Å²) in [5.74, 6) is -0.319. The Hall–Kier alpha value is -1.10. The number of amides is 1. The molecule has 2 rings (SSSR count). The van der Waals surface area contributed by atoms with E-state index in [1.807, 2.05) is 6.92 Å². The summed E-state index contributed by atoms with van der Waals surface area (Å²) < 4.78 is 13.5. The van der Waals surface area contributed by atoms with Gasteiger partial charge in [-0.1, -0.05) is 12.8 Å². The molecule has 1 amide bonds. The first-order chi connectivity index (χ1) is 9.06. The van der Waals surface area contributed by atoms with Gasteiger partial charge in [-0.15, -0.1) is 0 Å². The molecule has 1 aliphatic carbocycles. The van der Waals surface area contributed by atoms with Gasteiger partial charge in [-0.25, -0.2) is 4.39 Å². The van der Waals surface area contributed by atoms with Crippen molar-refractivity contribution in [3.8, 4) is 0 Å². The molecule has 0 spiro atoms. The zero-order chi connectivity index (χ0) is 13.8. The van der Waals surface area contributed by atoms with Crippen LogP contribution in [0.4, 0.5) is 10.1 Å². The molecule has 3 nitrogen and oxygen atoms in total. The summed E-state index contributed by atoms with van der Waals surface area (Å²) in [7, 11) is 0. The third kappa shape index (κ3) is 3.93. The van der Waals surface area contributed by atoms with Crippen molar-refractivity contribution in [3.05, 3.63) is 28.5 Å². The smallest absolute Gasteiger partial charge is 0.242 e. The number of carbonyl (C=O) groups is 1. The van der Waals surface area contributed by atoms with E-state index in [9.17, 15) is 9.18 Å². The average Bonchev–Trinajstić information content (AvgIpc) is 2.86. The lowest BCUT2D eigenvalue weighted by molar-refractivity contribution is -0.122. The lowest BCUT2D eigenvalue weighted by Crippen LogP contribution is -2.42.